The molecule has 1 aromatic heterocycles. The quantitative estimate of drug-likeness (QED) is 0.437. The van der Waals surface area contributed by atoms with E-state index in [1.54, 1.807) is 24.3 Å². The highest BCUT2D eigenvalue weighted by molar-refractivity contribution is 7.89. The van der Waals surface area contributed by atoms with Crippen molar-refractivity contribution in [3.05, 3.63) is 88.5 Å². The molecule has 5 rings (SSSR count). The number of amides is 1. The second-order valence-electron chi connectivity index (χ2n) is 8.79. The van der Waals surface area contributed by atoms with Crippen molar-refractivity contribution in [2.45, 2.75) is 44.7 Å². The third kappa shape index (κ3) is 4.13. The molecule has 2 heterocycles. The van der Waals surface area contributed by atoms with Crippen molar-refractivity contribution >= 4 is 42.6 Å². The molecule has 34 heavy (non-hydrogen) atoms. The molecule has 1 unspecified atom stereocenters. The summed E-state index contributed by atoms with van der Waals surface area (Å²) in [5.74, 6) is -0.376. The van der Waals surface area contributed by atoms with Gasteiger partial charge in [0.15, 0.2) is 5.13 Å². The van der Waals surface area contributed by atoms with Gasteiger partial charge < -0.3 is 5.32 Å². The molecule has 174 valence electrons. The summed E-state index contributed by atoms with van der Waals surface area (Å²) < 4.78 is 29.6. The van der Waals surface area contributed by atoms with Gasteiger partial charge in [-0.05, 0) is 67.6 Å². The number of thiazole rings is 1. The van der Waals surface area contributed by atoms with Crippen LogP contribution in [0.5, 0.6) is 0 Å². The average molecular weight is 492 g/mol. The fourth-order valence-corrected chi connectivity index (χ4v) is 7.04. The van der Waals surface area contributed by atoms with E-state index in [1.807, 2.05) is 51.1 Å². The van der Waals surface area contributed by atoms with Crippen LogP contribution >= 0.6 is 11.3 Å². The molecule has 0 radical (unpaired) electrons. The van der Waals surface area contributed by atoms with Crippen LogP contribution in [0.25, 0.3) is 10.2 Å². The third-order valence-electron chi connectivity index (χ3n) is 6.20. The number of hydrogen-bond acceptors (Lipinski definition) is 5. The van der Waals surface area contributed by atoms with Gasteiger partial charge in [-0.1, -0.05) is 59.4 Å². The maximum absolute atomic E-state index is 13.6. The molecule has 1 aliphatic rings. The summed E-state index contributed by atoms with van der Waals surface area (Å²) in [6.07, 6.45) is 0.302. The number of rotatable bonds is 4. The SMILES string of the molecule is Cc1ccc(S(=O)(=O)N2Cc3ccccc3CC2C(=O)Nc2nc3c(C)cc(C)cc3s2)cc1. The Bertz CT molecular complexity index is 1510. The van der Waals surface area contributed by atoms with Crippen molar-refractivity contribution in [1.82, 2.24) is 9.29 Å². The van der Waals surface area contributed by atoms with E-state index in [2.05, 4.69) is 16.4 Å². The highest BCUT2D eigenvalue weighted by Crippen LogP contribution is 2.32. The van der Waals surface area contributed by atoms with Crippen LogP contribution < -0.4 is 5.32 Å². The lowest BCUT2D eigenvalue weighted by molar-refractivity contribution is -0.120. The Balaban J connectivity index is 1.51. The topological polar surface area (TPSA) is 79.4 Å². The number of nitrogens with one attached hydrogen (secondary N) is 1. The van der Waals surface area contributed by atoms with Gasteiger partial charge in [0.2, 0.25) is 15.9 Å². The molecule has 0 saturated carbocycles. The monoisotopic (exact) mass is 491 g/mol. The van der Waals surface area contributed by atoms with Gasteiger partial charge in [-0.3, -0.25) is 4.79 Å². The molecule has 1 N–H and O–H groups in total. The maximum atomic E-state index is 13.6. The molecule has 1 atom stereocenters. The minimum atomic E-state index is -3.89. The summed E-state index contributed by atoms with van der Waals surface area (Å²) >= 11 is 1.40. The maximum Gasteiger partial charge on any atom is 0.244 e. The Morgan fingerprint density at radius 1 is 1.00 bits per heavy atom. The van der Waals surface area contributed by atoms with Crippen molar-refractivity contribution in [3.63, 3.8) is 0 Å². The number of anilines is 1. The molecular formula is C26H25N3O3S2. The zero-order chi connectivity index (χ0) is 24.0. The average Bonchev–Trinajstić information content (AvgIpc) is 3.21. The van der Waals surface area contributed by atoms with E-state index in [4.69, 9.17) is 0 Å². The second-order valence-corrected chi connectivity index (χ2v) is 11.7. The number of benzene rings is 3. The Morgan fingerprint density at radius 3 is 2.44 bits per heavy atom. The highest BCUT2D eigenvalue weighted by atomic mass is 32.2. The number of carbonyl (C=O) groups excluding carboxylic acids is 1. The van der Waals surface area contributed by atoms with E-state index in [1.165, 1.54) is 15.6 Å². The standard InChI is InChI=1S/C26H25N3O3S2/c1-16-8-10-21(11-9-16)34(31,32)29-15-20-7-5-4-6-19(20)14-22(29)25(30)28-26-27-24-18(3)12-17(2)13-23(24)33-26/h4-13,22H,14-15H2,1-3H3,(H,27,28,30). The molecule has 6 nitrogen and oxygen atoms in total. The second kappa shape index (κ2) is 8.61. The van der Waals surface area contributed by atoms with Crippen molar-refractivity contribution in [1.29, 1.82) is 0 Å². The summed E-state index contributed by atoms with van der Waals surface area (Å²) in [4.78, 5) is 18.3. The van der Waals surface area contributed by atoms with E-state index in [-0.39, 0.29) is 17.3 Å². The van der Waals surface area contributed by atoms with Crippen molar-refractivity contribution in [2.24, 2.45) is 0 Å². The summed E-state index contributed by atoms with van der Waals surface area (Å²) in [5, 5.41) is 3.38. The van der Waals surface area contributed by atoms with Gasteiger partial charge in [0, 0.05) is 6.54 Å². The molecule has 4 aromatic rings. The highest BCUT2D eigenvalue weighted by Gasteiger charge is 2.39. The molecule has 0 saturated heterocycles. The molecule has 3 aromatic carbocycles. The fourth-order valence-electron chi connectivity index (χ4n) is 4.43. The number of nitrogens with zero attached hydrogens (tertiary/aromatic N) is 2. The van der Waals surface area contributed by atoms with Gasteiger partial charge in [0.25, 0.3) is 0 Å². The number of fused-ring (bicyclic) bond motifs is 2. The Morgan fingerprint density at radius 2 is 1.71 bits per heavy atom. The predicted octanol–water partition coefficient (Wildman–Crippen LogP) is 4.98. The Hall–Kier alpha value is -3.07. The molecule has 0 bridgehead atoms. The number of hydrogen-bond donors (Lipinski definition) is 1. The molecule has 0 aliphatic carbocycles. The third-order valence-corrected chi connectivity index (χ3v) is 8.98. The lowest BCUT2D eigenvalue weighted by Gasteiger charge is -2.34. The molecule has 0 spiro atoms. The van der Waals surface area contributed by atoms with Crippen LogP contribution in [0.1, 0.15) is 27.8 Å². The van der Waals surface area contributed by atoms with E-state index >= 15 is 0 Å². The minimum Gasteiger partial charge on any atom is -0.301 e. The van der Waals surface area contributed by atoms with Crippen LogP contribution in [-0.4, -0.2) is 29.7 Å². The molecule has 1 aliphatic heterocycles. The van der Waals surface area contributed by atoms with Gasteiger partial charge in [0.1, 0.15) is 6.04 Å². The molecule has 8 heteroatoms. The molecular weight excluding hydrogens is 466 g/mol. The lowest BCUT2D eigenvalue weighted by atomic mass is 9.95. The van der Waals surface area contributed by atoms with E-state index in [0.717, 1.165) is 38.0 Å². The summed E-state index contributed by atoms with van der Waals surface area (Å²) in [6, 6.07) is 17.6. The number of aryl methyl sites for hydroxylation is 3. The van der Waals surface area contributed by atoms with Crippen molar-refractivity contribution in [2.75, 3.05) is 5.32 Å². The van der Waals surface area contributed by atoms with Crippen LogP contribution in [0, 0.1) is 20.8 Å². The molecule has 0 fully saturated rings. The van der Waals surface area contributed by atoms with Gasteiger partial charge in [0.05, 0.1) is 15.1 Å². The first-order chi connectivity index (χ1) is 16.2. The van der Waals surface area contributed by atoms with Crippen LogP contribution in [0.4, 0.5) is 5.13 Å². The minimum absolute atomic E-state index is 0.141. The van der Waals surface area contributed by atoms with Crippen LogP contribution in [0.2, 0.25) is 0 Å². The summed E-state index contributed by atoms with van der Waals surface area (Å²) in [7, 11) is -3.89. The number of aromatic nitrogens is 1. The van der Waals surface area contributed by atoms with Crippen molar-refractivity contribution < 1.29 is 13.2 Å². The predicted molar refractivity (Wildman–Crippen MR) is 136 cm³/mol. The summed E-state index contributed by atoms with van der Waals surface area (Å²) in [6.45, 7) is 6.07. The normalized spacial score (nSPS) is 16.4. The Kier molecular flexibility index (Phi) is 5.75. The van der Waals surface area contributed by atoms with E-state index in [0.29, 0.717) is 11.6 Å². The van der Waals surface area contributed by atoms with Crippen LogP contribution in [0.15, 0.2) is 65.6 Å². The van der Waals surface area contributed by atoms with Gasteiger partial charge in [-0.15, -0.1) is 0 Å². The smallest absolute Gasteiger partial charge is 0.244 e. The van der Waals surface area contributed by atoms with E-state index in [9.17, 15) is 13.2 Å². The van der Waals surface area contributed by atoms with Crippen LogP contribution in [-0.2, 0) is 27.8 Å². The first-order valence-electron chi connectivity index (χ1n) is 11.1. The molecule has 1 amide bonds. The largest absolute Gasteiger partial charge is 0.301 e. The van der Waals surface area contributed by atoms with E-state index < -0.39 is 16.1 Å². The number of sulfonamides is 1. The zero-order valence-electron chi connectivity index (χ0n) is 19.2. The number of carbonyl (C=O) groups is 1. The lowest BCUT2D eigenvalue weighted by Crippen LogP contribution is -2.50. The summed E-state index contributed by atoms with van der Waals surface area (Å²) in [5.41, 5.74) is 5.89. The van der Waals surface area contributed by atoms with Crippen molar-refractivity contribution in [3.8, 4) is 0 Å². The fraction of sp³-hybridized carbons (Fsp3) is 0.231. The zero-order valence-corrected chi connectivity index (χ0v) is 20.8. The van der Waals surface area contributed by atoms with Gasteiger partial charge in [-0.25, -0.2) is 13.4 Å². The van der Waals surface area contributed by atoms with Gasteiger partial charge in [-0.2, -0.15) is 4.31 Å². The Labute approximate surface area is 203 Å². The first kappa shape index (κ1) is 22.7. The van der Waals surface area contributed by atoms with Gasteiger partial charge >= 0.3 is 0 Å². The first-order valence-corrected chi connectivity index (χ1v) is 13.3. The van der Waals surface area contributed by atoms with Crippen LogP contribution in [0.3, 0.4) is 0 Å².